The van der Waals surface area contributed by atoms with Gasteiger partial charge in [0, 0.05) is 0 Å². The van der Waals surface area contributed by atoms with Crippen molar-refractivity contribution in [1.82, 2.24) is 0 Å². The third-order valence-electron chi connectivity index (χ3n) is 4.84. The standard InChI is InChI=1S/C17H31/c1-3-7-11-16(12-8-4-1)15-17-13-9-5-2-6-10-14-17/h15-17H,1-14H2. The van der Waals surface area contributed by atoms with Gasteiger partial charge in [-0.2, -0.15) is 0 Å². The molecule has 2 rings (SSSR count). The second kappa shape index (κ2) is 8.16. The molecule has 0 aromatic carbocycles. The Morgan fingerprint density at radius 2 is 0.706 bits per heavy atom. The summed E-state index contributed by atoms with van der Waals surface area (Å²) in [6.45, 7) is 0. The first kappa shape index (κ1) is 13.4. The van der Waals surface area contributed by atoms with Gasteiger partial charge in [-0.3, -0.25) is 0 Å². The molecule has 2 aliphatic rings. The molecule has 0 heterocycles. The summed E-state index contributed by atoms with van der Waals surface area (Å²) < 4.78 is 0. The lowest BCUT2D eigenvalue weighted by Gasteiger charge is -2.26. The molecule has 2 fully saturated rings. The van der Waals surface area contributed by atoms with Crippen molar-refractivity contribution in [3.05, 3.63) is 6.42 Å². The fourth-order valence-electron chi connectivity index (χ4n) is 3.75. The second-order valence-electron chi connectivity index (χ2n) is 6.40. The van der Waals surface area contributed by atoms with Crippen LogP contribution in [-0.4, -0.2) is 0 Å². The van der Waals surface area contributed by atoms with Crippen LogP contribution >= 0.6 is 0 Å². The van der Waals surface area contributed by atoms with Crippen molar-refractivity contribution < 1.29 is 0 Å². The highest BCUT2D eigenvalue weighted by molar-refractivity contribution is 4.85. The van der Waals surface area contributed by atoms with Crippen molar-refractivity contribution in [2.24, 2.45) is 11.8 Å². The van der Waals surface area contributed by atoms with Crippen molar-refractivity contribution in [3.63, 3.8) is 0 Å². The average molecular weight is 235 g/mol. The minimum absolute atomic E-state index is 0.972. The summed E-state index contributed by atoms with van der Waals surface area (Å²) in [5.41, 5.74) is 0. The van der Waals surface area contributed by atoms with Gasteiger partial charge in [-0.05, 0) is 18.3 Å². The maximum Gasteiger partial charge on any atom is -0.0324 e. The predicted molar refractivity (Wildman–Crippen MR) is 75.9 cm³/mol. The average Bonchev–Trinajstić information content (AvgIpc) is 2.24. The van der Waals surface area contributed by atoms with Crippen molar-refractivity contribution in [3.8, 4) is 0 Å². The van der Waals surface area contributed by atoms with E-state index in [1.807, 2.05) is 0 Å². The van der Waals surface area contributed by atoms with E-state index in [2.05, 4.69) is 6.42 Å². The molecule has 1 radical (unpaired) electrons. The summed E-state index contributed by atoms with van der Waals surface area (Å²) in [6, 6.07) is 0. The molecule has 0 unspecified atom stereocenters. The highest BCUT2D eigenvalue weighted by Crippen LogP contribution is 2.32. The number of rotatable bonds is 2. The van der Waals surface area contributed by atoms with Crippen LogP contribution < -0.4 is 0 Å². The van der Waals surface area contributed by atoms with Gasteiger partial charge in [-0.25, -0.2) is 0 Å². The van der Waals surface area contributed by atoms with Crippen molar-refractivity contribution in [2.45, 2.75) is 89.9 Å². The lowest BCUT2D eigenvalue weighted by molar-refractivity contribution is 0.341. The van der Waals surface area contributed by atoms with Gasteiger partial charge in [0.15, 0.2) is 0 Å². The van der Waals surface area contributed by atoms with Gasteiger partial charge in [0.1, 0.15) is 0 Å². The zero-order chi connectivity index (χ0) is 11.8. The Morgan fingerprint density at radius 3 is 1.06 bits per heavy atom. The zero-order valence-corrected chi connectivity index (χ0v) is 11.6. The van der Waals surface area contributed by atoms with Crippen LogP contribution in [0.3, 0.4) is 0 Å². The molecule has 0 N–H and O–H groups in total. The molecule has 0 nitrogen and oxygen atoms in total. The van der Waals surface area contributed by atoms with E-state index in [0.717, 1.165) is 11.8 Å². The molecule has 0 heteroatoms. The van der Waals surface area contributed by atoms with Crippen LogP contribution in [0.15, 0.2) is 0 Å². The number of hydrogen-bond acceptors (Lipinski definition) is 0. The Kier molecular flexibility index (Phi) is 6.45. The molecule has 0 amide bonds. The highest BCUT2D eigenvalue weighted by Gasteiger charge is 2.18. The fraction of sp³-hybridized carbons (Fsp3) is 0.941. The Morgan fingerprint density at radius 1 is 0.412 bits per heavy atom. The van der Waals surface area contributed by atoms with E-state index in [9.17, 15) is 0 Å². The van der Waals surface area contributed by atoms with Gasteiger partial charge in [-0.15, -0.1) is 0 Å². The molecule has 0 bridgehead atoms. The Balaban J connectivity index is 1.72. The summed E-state index contributed by atoms with van der Waals surface area (Å²) in [6.07, 6.45) is 23.7. The normalized spacial score (nSPS) is 26.8. The number of hydrogen-bond donors (Lipinski definition) is 0. The first-order valence-corrected chi connectivity index (χ1v) is 8.30. The maximum absolute atomic E-state index is 2.79. The van der Waals surface area contributed by atoms with Crippen molar-refractivity contribution in [1.29, 1.82) is 0 Å². The van der Waals surface area contributed by atoms with E-state index in [1.165, 1.54) is 89.9 Å². The van der Waals surface area contributed by atoms with Crippen molar-refractivity contribution in [2.75, 3.05) is 0 Å². The third-order valence-corrected chi connectivity index (χ3v) is 4.84. The smallest absolute Gasteiger partial charge is 0.0324 e. The van der Waals surface area contributed by atoms with E-state index in [-0.39, 0.29) is 0 Å². The molecule has 99 valence electrons. The lowest BCUT2D eigenvalue weighted by atomic mass is 9.80. The Hall–Kier alpha value is 0. The topological polar surface area (TPSA) is 0 Å². The summed E-state index contributed by atoms with van der Waals surface area (Å²) in [4.78, 5) is 0. The second-order valence-corrected chi connectivity index (χ2v) is 6.40. The highest BCUT2D eigenvalue weighted by atomic mass is 14.2. The molecule has 0 aliphatic heterocycles. The van der Waals surface area contributed by atoms with Crippen LogP contribution in [0.4, 0.5) is 0 Å². The van der Waals surface area contributed by atoms with Crippen LogP contribution in [0.1, 0.15) is 89.9 Å². The lowest BCUT2D eigenvalue weighted by Crippen LogP contribution is -2.13. The van der Waals surface area contributed by atoms with E-state index in [0.29, 0.717) is 0 Å². The van der Waals surface area contributed by atoms with Crippen molar-refractivity contribution >= 4 is 0 Å². The third kappa shape index (κ3) is 5.44. The van der Waals surface area contributed by atoms with Gasteiger partial charge in [0.05, 0.1) is 0 Å². The van der Waals surface area contributed by atoms with E-state index in [1.54, 1.807) is 0 Å². The fourth-order valence-corrected chi connectivity index (χ4v) is 3.75. The molecule has 2 aliphatic carbocycles. The molecule has 0 spiro atoms. The van der Waals surface area contributed by atoms with Crippen LogP contribution in [-0.2, 0) is 0 Å². The first-order valence-electron chi connectivity index (χ1n) is 8.30. The SMILES string of the molecule is [CH](C1CCCCCCC1)C1CCCCCCC1. The molecule has 0 aromatic rings. The molecular formula is C17H31. The monoisotopic (exact) mass is 235 g/mol. The van der Waals surface area contributed by atoms with Gasteiger partial charge >= 0.3 is 0 Å². The van der Waals surface area contributed by atoms with E-state index >= 15 is 0 Å². The molecule has 0 saturated heterocycles. The largest absolute Gasteiger partial charge is 0.0533 e. The zero-order valence-electron chi connectivity index (χ0n) is 11.6. The summed E-state index contributed by atoms with van der Waals surface area (Å²) >= 11 is 0. The van der Waals surface area contributed by atoms with Crippen LogP contribution in [0.2, 0.25) is 0 Å². The van der Waals surface area contributed by atoms with Gasteiger partial charge < -0.3 is 0 Å². The Labute approximate surface area is 109 Å². The molecule has 0 atom stereocenters. The summed E-state index contributed by atoms with van der Waals surface area (Å²) in [5.74, 6) is 1.94. The van der Waals surface area contributed by atoms with Gasteiger partial charge in [-0.1, -0.05) is 89.9 Å². The minimum Gasteiger partial charge on any atom is -0.0533 e. The summed E-state index contributed by atoms with van der Waals surface area (Å²) in [7, 11) is 0. The molecule has 2 saturated carbocycles. The molecule has 17 heavy (non-hydrogen) atoms. The van der Waals surface area contributed by atoms with Crippen LogP contribution in [0.5, 0.6) is 0 Å². The van der Waals surface area contributed by atoms with E-state index in [4.69, 9.17) is 0 Å². The van der Waals surface area contributed by atoms with Crippen LogP contribution in [0, 0.1) is 18.3 Å². The maximum atomic E-state index is 2.79. The summed E-state index contributed by atoms with van der Waals surface area (Å²) in [5, 5.41) is 0. The molecular weight excluding hydrogens is 204 g/mol. The predicted octanol–water partition coefficient (Wildman–Crippen LogP) is 5.91. The van der Waals surface area contributed by atoms with Gasteiger partial charge in [0.2, 0.25) is 0 Å². The van der Waals surface area contributed by atoms with E-state index < -0.39 is 0 Å². The van der Waals surface area contributed by atoms with Gasteiger partial charge in [0.25, 0.3) is 0 Å². The quantitative estimate of drug-likeness (QED) is 0.558. The Bertz CT molecular complexity index is 148. The molecule has 0 aromatic heterocycles. The minimum atomic E-state index is 0.972. The first-order chi connectivity index (χ1) is 8.45. The van der Waals surface area contributed by atoms with Crippen LogP contribution in [0.25, 0.3) is 0 Å².